The number of esters is 1. The van der Waals surface area contributed by atoms with Gasteiger partial charge in [-0.3, -0.25) is 4.79 Å². The third kappa shape index (κ3) is 4.93. The molecule has 1 N–H and O–H groups in total. The van der Waals surface area contributed by atoms with Crippen LogP contribution in [-0.2, 0) is 33.1 Å². The molecular weight excluding hydrogens is 488 g/mol. The summed E-state index contributed by atoms with van der Waals surface area (Å²) in [7, 11) is 1.12. The number of hydrogen-bond donors (Lipinski definition) is 1. The van der Waals surface area contributed by atoms with Gasteiger partial charge in [-0.25, -0.2) is 4.79 Å². The largest absolute Gasteiger partial charge is 0.467 e. The molecule has 0 aliphatic heterocycles. The van der Waals surface area contributed by atoms with Crippen LogP contribution in [0.15, 0.2) is 66.7 Å². The first kappa shape index (κ1) is 25.3. The summed E-state index contributed by atoms with van der Waals surface area (Å²) in [4.78, 5) is 25.6. The Morgan fingerprint density at radius 3 is 1.75 bits per heavy atom. The number of halogens is 6. The van der Waals surface area contributed by atoms with E-state index in [0.29, 0.717) is 12.1 Å². The van der Waals surface area contributed by atoms with Crippen LogP contribution in [0.25, 0.3) is 11.1 Å². The molecule has 188 valence electrons. The van der Waals surface area contributed by atoms with Crippen molar-refractivity contribution in [3.05, 3.63) is 94.5 Å². The molecule has 0 radical (unpaired) electrons. The van der Waals surface area contributed by atoms with Crippen LogP contribution in [-0.4, -0.2) is 25.0 Å². The van der Waals surface area contributed by atoms with Crippen molar-refractivity contribution in [3.8, 4) is 11.1 Å². The minimum absolute atomic E-state index is 0.00888. The van der Waals surface area contributed by atoms with E-state index in [2.05, 4.69) is 5.32 Å². The Hall–Kier alpha value is -3.82. The molecule has 3 aromatic rings. The lowest BCUT2D eigenvalue weighted by molar-refractivity contribution is -0.145. The van der Waals surface area contributed by atoms with Gasteiger partial charge in [-0.1, -0.05) is 48.5 Å². The molecule has 0 bridgehead atoms. The van der Waals surface area contributed by atoms with Crippen LogP contribution in [0.4, 0.5) is 26.3 Å². The SMILES string of the molecule is COC(=O)[C@H](NC(=O)Cc1cc(C(F)(F)F)cc(C(F)(F)F)c1)C1c2ccccc2-c2ccccc21. The number of fused-ring (bicyclic) bond motifs is 3. The minimum atomic E-state index is -5.04. The molecule has 1 atom stereocenters. The highest BCUT2D eigenvalue weighted by Gasteiger charge is 2.40. The molecule has 1 amide bonds. The Morgan fingerprint density at radius 2 is 1.31 bits per heavy atom. The Bertz CT molecular complexity index is 1240. The normalized spacial score (nSPS) is 14.1. The average molecular weight is 507 g/mol. The Morgan fingerprint density at radius 1 is 0.833 bits per heavy atom. The molecule has 4 nitrogen and oxygen atoms in total. The molecule has 1 aliphatic carbocycles. The summed E-state index contributed by atoms with van der Waals surface area (Å²) in [6.45, 7) is 0. The summed E-state index contributed by atoms with van der Waals surface area (Å²) in [5, 5.41) is 2.48. The fourth-order valence-electron chi connectivity index (χ4n) is 4.49. The molecule has 4 rings (SSSR count). The molecule has 3 aromatic carbocycles. The molecule has 36 heavy (non-hydrogen) atoms. The van der Waals surface area contributed by atoms with Crippen molar-refractivity contribution in [1.82, 2.24) is 5.32 Å². The van der Waals surface area contributed by atoms with Crippen molar-refractivity contribution in [2.45, 2.75) is 30.7 Å². The fourth-order valence-corrected chi connectivity index (χ4v) is 4.49. The fraction of sp³-hybridized carbons (Fsp3) is 0.231. The van der Waals surface area contributed by atoms with Gasteiger partial charge in [0, 0.05) is 5.92 Å². The standard InChI is InChI=1S/C26H19F6NO3/c1-36-24(35)23(22-19-8-4-2-6-17(19)18-7-3-5-9-20(18)22)33-21(34)12-14-10-15(25(27,28)29)13-16(11-14)26(30,31)32/h2-11,13,22-23H,12H2,1H3,(H,33,34)/t23-/m1/s1. The topological polar surface area (TPSA) is 55.4 Å². The molecule has 0 saturated heterocycles. The van der Waals surface area contributed by atoms with Crippen LogP contribution in [0, 0.1) is 0 Å². The third-order valence-corrected chi connectivity index (χ3v) is 6.00. The second-order valence-electron chi connectivity index (χ2n) is 8.31. The van der Waals surface area contributed by atoms with Gasteiger partial charge in [0.25, 0.3) is 0 Å². The van der Waals surface area contributed by atoms with Gasteiger partial charge in [-0.05, 0) is 46.0 Å². The maximum Gasteiger partial charge on any atom is 0.416 e. The van der Waals surface area contributed by atoms with Crippen LogP contribution in [0.3, 0.4) is 0 Å². The molecule has 0 saturated carbocycles. The number of carbonyl (C=O) groups excluding carboxylic acids is 2. The summed E-state index contributed by atoms with van der Waals surface area (Å²) >= 11 is 0. The van der Waals surface area contributed by atoms with E-state index in [1.54, 1.807) is 24.3 Å². The summed E-state index contributed by atoms with van der Waals surface area (Å²) in [6, 6.07) is 14.1. The number of alkyl halides is 6. The van der Waals surface area contributed by atoms with E-state index in [-0.39, 0.29) is 6.07 Å². The van der Waals surface area contributed by atoms with E-state index in [1.165, 1.54) is 0 Å². The lowest BCUT2D eigenvalue weighted by atomic mass is 9.89. The minimum Gasteiger partial charge on any atom is -0.467 e. The van der Waals surface area contributed by atoms with Gasteiger partial charge in [0.05, 0.1) is 24.7 Å². The third-order valence-electron chi connectivity index (χ3n) is 6.00. The van der Waals surface area contributed by atoms with Crippen molar-refractivity contribution in [2.75, 3.05) is 7.11 Å². The second-order valence-corrected chi connectivity index (χ2v) is 8.31. The van der Waals surface area contributed by atoms with Gasteiger partial charge in [-0.2, -0.15) is 26.3 Å². The number of methoxy groups -OCH3 is 1. The van der Waals surface area contributed by atoms with Gasteiger partial charge in [0.15, 0.2) is 0 Å². The highest BCUT2D eigenvalue weighted by atomic mass is 19.4. The van der Waals surface area contributed by atoms with Gasteiger partial charge >= 0.3 is 18.3 Å². The van der Waals surface area contributed by atoms with Crippen molar-refractivity contribution in [1.29, 1.82) is 0 Å². The number of nitrogens with one attached hydrogen (secondary N) is 1. The van der Waals surface area contributed by atoms with Crippen LogP contribution < -0.4 is 5.32 Å². The smallest absolute Gasteiger partial charge is 0.416 e. The number of hydrogen-bond acceptors (Lipinski definition) is 3. The monoisotopic (exact) mass is 507 g/mol. The first-order valence-corrected chi connectivity index (χ1v) is 10.7. The van der Waals surface area contributed by atoms with Gasteiger partial charge < -0.3 is 10.1 Å². The molecule has 10 heteroatoms. The first-order chi connectivity index (χ1) is 16.9. The molecule has 0 unspecified atom stereocenters. The first-order valence-electron chi connectivity index (χ1n) is 10.7. The summed E-state index contributed by atoms with van der Waals surface area (Å²) in [5.74, 6) is -2.40. The summed E-state index contributed by atoms with van der Waals surface area (Å²) < 4.78 is 84.0. The maximum atomic E-state index is 13.2. The van der Waals surface area contributed by atoms with Crippen LogP contribution in [0.2, 0.25) is 0 Å². The van der Waals surface area contributed by atoms with E-state index < -0.39 is 59.3 Å². The van der Waals surface area contributed by atoms with Crippen molar-refractivity contribution in [2.24, 2.45) is 0 Å². The zero-order valence-electron chi connectivity index (χ0n) is 18.7. The Kier molecular flexibility index (Phi) is 6.55. The zero-order valence-corrected chi connectivity index (χ0v) is 18.7. The van der Waals surface area contributed by atoms with E-state index >= 15 is 0 Å². The highest BCUT2D eigenvalue weighted by Crippen LogP contribution is 2.46. The second kappa shape index (κ2) is 9.33. The number of carbonyl (C=O) groups is 2. The van der Waals surface area contributed by atoms with E-state index in [1.807, 2.05) is 24.3 Å². The highest BCUT2D eigenvalue weighted by molar-refractivity contribution is 5.90. The van der Waals surface area contributed by atoms with Crippen LogP contribution in [0.5, 0.6) is 0 Å². The number of rotatable bonds is 5. The van der Waals surface area contributed by atoms with E-state index in [9.17, 15) is 35.9 Å². The van der Waals surface area contributed by atoms with E-state index in [4.69, 9.17) is 4.74 Å². The van der Waals surface area contributed by atoms with Crippen molar-refractivity contribution >= 4 is 11.9 Å². The molecule has 0 fully saturated rings. The quantitative estimate of drug-likeness (QED) is 0.354. The maximum absolute atomic E-state index is 13.2. The Labute approximate surface area is 201 Å². The van der Waals surface area contributed by atoms with Gasteiger partial charge in [0.2, 0.25) is 5.91 Å². The van der Waals surface area contributed by atoms with Crippen molar-refractivity contribution in [3.63, 3.8) is 0 Å². The van der Waals surface area contributed by atoms with Crippen LogP contribution >= 0.6 is 0 Å². The predicted molar refractivity (Wildman–Crippen MR) is 118 cm³/mol. The van der Waals surface area contributed by atoms with Crippen LogP contribution in [0.1, 0.15) is 33.7 Å². The molecule has 0 heterocycles. The molecule has 0 aromatic heterocycles. The lowest BCUT2D eigenvalue weighted by Gasteiger charge is -2.25. The molecule has 0 spiro atoms. The number of amides is 1. The Balaban J connectivity index is 1.67. The molecular formula is C26H19F6NO3. The van der Waals surface area contributed by atoms with Crippen molar-refractivity contribution < 1.29 is 40.7 Å². The van der Waals surface area contributed by atoms with Gasteiger partial charge in [0.1, 0.15) is 6.04 Å². The number of ether oxygens (including phenoxy) is 1. The summed E-state index contributed by atoms with van der Waals surface area (Å²) in [5.41, 5.74) is -0.402. The summed E-state index contributed by atoms with van der Waals surface area (Å²) in [6.07, 6.45) is -10.9. The zero-order chi connectivity index (χ0) is 26.3. The number of benzene rings is 3. The molecule has 1 aliphatic rings. The average Bonchev–Trinajstić information content (AvgIpc) is 3.15. The predicted octanol–water partition coefficient (Wildman–Crippen LogP) is 5.74. The lowest BCUT2D eigenvalue weighted by Crippen LogP contribution is -2.46. The van der Waals surface area contributed by atoms with E-state index in [0.717, 1.165) is 29.4 Å². The van der Waals surface area contributed by atoms with Gasteiger partial charge in [-0.15, -0.1) is 0 Å².